The van der Waals surface area contributed by atoms with Crippen molar-refractivity contribution in [1.82, 2.24) is 15.3 Å². The topological polar surface area (TPSA) is 66.9 Å². The molecule has 25 heavy (non-hydrogen) atoms. The van der Waals surface area contributed by atoms with Crippen molar-refractivity contribution in [2.45, 2.75) is 6.42 Å². The maximum Gasteiger partial charge on any atom is 0.271 e. The van der Waals surface area contributed by atoms with Crippen LogP contribution < -0.4 is 10.6 Å². The highest BCUT2D eigenvalue weighted by Crippen LogP contribution is 2.12. The highest BCUT2D eigenvalue weighted by molar-refractivity contribution is 5.92. The van der Waals surface area contributed by atoms with Gasteiger partial charge in [-0.1, -0.05) is 30.3 Å². The Bertz CT molecular complexity index is 820. The van der Waals surface area contributed by atoms with Crippen LogP contribution in [-0.4, -0.2) is 22.4 Å². The van der Waals surface area contributed by atoms with Gasteiger partial charge < -0.3 is 10.6 Å². The minimum Gasteiger partial charge on any atom is -0.350 e. The van der Waals surface area contributed by atoms with Gasteiger partial charge in [-0.25, -0.2) is 14.4 Å². The van der Waals surface area contributed by atoms with Gasteiger partial charge in [0.2, 0.25) is 0 Å². The van der Waals surface area contributed by atoms with E-state index in [-0.39, 0.29) is 17.4 Å². The molecule has 0 aliphatic carbocycles. The molecule has 0 spiro atoms. The summed E-state index contributed by atoms with van der Waals surface area (Å²) in [5, 5.41) is 5.88. The zero-order valence-electron chi connectivity index (χ0n) is 13.4. The molecule has 0 aliphatic rings. The van der Waals surface area contributed by atoms with Crippen LogP contribution in [0.1, 0.15) is 16.1 Å². The number of anilines is 2. The van der Waals surface area contributed by atoms with Crippen molar-refractivity contribution in [3.8, 4) is 0 Å². The summed E-state index contributed by atoms with van der Waals surface area (Å²) in [5.41, 5.74) is 2.10. The Balaban J connectivity index is 1.51. The van der Waals surface area contributed by atoms with Crippen LogP contribution in [0.4, 0.5) is 15.9 Å². The van der Waals surface area contributed by atoms with E-state index in [9.17, 15) is 9.18 Å². The molecule has 0 saturated carbocycles. The van der Waals surface area contributed by atoms with Crippen LogP contribution >= 0.6 is 0 Å². The number of amides is 1. The van der Waals surface area contributed by atoms with Crippen molar-refractivity contribution in [2.75, 3.05) is 11.9 Å². The molecule has 1 aromatic heterocycles. The lowest BCUT2D eigenvalue weighted by molar-refractivity contribution is 0.0949. The summed E-state index contributed by atoms with van der Waals surface area (Å²) in [6, 6.07) is 15.8. The van der Waals surface area contributed by atoms with Gasteiger partial charge in [-0.15, -0.1) is 0 Å². The molecule has 0 fully saturated rings. The largest absolute Gasteiger partial charge is 0.350 e. The number of carbonyl (C=O) groups excluding carboxylic acids is 1. The van der Waals surface area contributed by atoms with E-state index in [0.29, 0.717) is 18.8 Å². The number of rotatable bonds is 6. The molecular weight excluding hydrogens is 319 g/mol. The quantitative estimate of drug-likeness (QED) is 0.724. The Morgan fingerprint density at radius 1 is 0.960 bits per heavy atom. The van der Waals surface area contributed by atoms with Gasteiger partial charge in [0.25, 0.3) is 5.91 Å². The van der Waals surface area contributed by atoms with Gasteiger partial charge in [-0.3, -0.25) is 4.79 Å². The Morgan fingerprint density at radius 3 is 2.40 bits per heavy atom. The lowest BCUT2D eigenvalue weighted by Gasteiger charge is -2.07. The van der Waals surface area contributed by atoms with E-state index in [0.717, 1.165) is 11.3 Å². The van der Waals surface area contributed by atoms with Crippen LogP contribution in [0.2, 0.25) is 0 Å². The first kappa shape index (κ1) is 16.6. The Kier molecular flexibility index (Phi) is 5.31. The van der Waals surface area contributed by atoms with Crippen LogP contribution in [0.3, 0.4) is 0 Å². The molecule has 3 rings (SSSR count). The fraction of sp³-hybridized carbons (Fsp3) is 0.105. The lowest BCUT2D eigenvalue weighted by atomic mass is 10.1. The monoisotopic (exact) mass is 336 g/mol. The molecule has 2 N–H and O–H groups in total. The zero-order valence-corrected chi connectivity index (χ0v) is 13.4. The molecule has 5 nitrogen and oxygen atoms in total. The van der Waals surface area contributed by atoms with Gasteiger partial charge in [-0.05, 0) is 36.2 Å². The average molecular weight is 336 g/mol. The van der Waals surface area contributed by atoms with Crippen LogP contribution in [0, 0.1) is 5.82 Å². The van der Waals surface area contributed by atoms with Crippen molar-refractivity contribution in [2.24, 2.45) is 0 Å². The average Bonchev–Trinajstić information content (AvgIpc) is 2.65. The fourth-order valence-corrected chi connectivity index (χ4v) is 2.24. The first-order valence-electron chi connectivity index (χ1n) is 7.87. The van der Waals surface area contributed by atoms with E-state index >= 15 is 0 Å². The number of halogens is 1. The second kappa shape index (κ2) is 8.01. The van der Waals surface area contributed by atoms with Crippen molar-refractivity contribution < 1.29 is 9.18 Å². The third-order valence-electron chi connectivity index (χ3n) is 3.54. The molecule has 1 heterocycles. The minimum atomic E-state index is -0.291. The van der Waals surface area contributed by atoms with Crippen LogP contribution in [0.5, 0.6) is 0 Å². The third kappa shape index (κ3) is 4.84. The Hall–Kier alpha value is -3.28. The number of para-hydroxylation sites is 1. The van der Waals surface area contributed by atoms with Gasteiger partial charge in [0.1, 0.15) is 17.3 Å². The number of benzene rings is 2. The first-order valence-corrected chi connectivity index (χ1v) is 7.87. The molecule has 2 aromatic carbocycles. The third-order valence-corrected chi connectivity index (χ3v) is 3.54. The summed E-state index contributed by atoms with van der Waals surface area (Å²) < 4.78 is 12.8. The maximum atomic E-state index is 12.8. The summed E-state index contributed by atoms with van der Waals surface area (Å²) in [5.74, 6) is 0.00203. The molecule has 0 aliphatic heterocycles. The van der Waals surface area contributed by atoms with E-state index < -0.39 is 0 Å². The predicted octanol–water partition coefficient (Wildman–Crippen LogP) is 3.33. The highest BCUT2D eigenvalue weighted by atomic mass is 19.1. The second-order valence-corrected chi connectivity index (χ2v) is 5.41. The molecule has 6 heteroatoms. The van der Waals surface area contributed by atoms with Crippen molar-refractivity contribution in [3.63, 3.8) is 0 Å². The number of nitrogens with one attached hydrogen (secondary N) is 2. The summed E-state index contributed by atoms with van der Waals surface area (Å²) in [4.78, 5) is 20.4. The molecule has 0 radical (unpaired) electrons. The van der Waals surface area contributed by atoms with Crippen molar-refractivity contribution in [3.05, 3.63) is 84.1 Å². The number of carbonyl (C=O) groups is 1. The van der Waals surface area contributed by atoms with Crippen LogP contribution in [-0.2, 0) is 6.42 Å². The number of aromatic nitrogens is 2. The Labute approximate surface area is 145 Å². The smallest absolute Gasteiger partial charge is 0.271 e. The summed E-state index contributed by atoms with van der Waals surface area (Å²) in [6.07, 6.45) is 3.56. The number of hydrogen-bond donors (Lipinski definition) is 2. The van der Waals surface area contributed by atoms with Crippen molar-refractivity contribution >= 4 is 17.4 Å². The molecule has 1 amide bonds. The van der Waals surface area contributed by atoms with Crippen molar-refractivity contribution in [1.29, 1.82) is 0 Å². The summed E-state index contributed by atoms with van der Waals surface area (Å²) in [6.45, 7) is 0.441. The molecule has 0 saturated heterocycles. The van der Waals surface area contributed by atoms with E-state index in [2.05, 4.69) is 20.6 Å². The van der Waals surface area contributed by atoms with Gasteiger partial charge in [0.05, 0.1) is 12.4 Å². The second-order valence-electron chi connectivity index (χ2n) is 5.41. The highest BCUT2D eigenvalue weighted by Gasteiger charge is 2.07. The van der Waals surface area contributed by atoms with Gasteiger partial charge >= 0.3 is 0 Å². The SMILES string of the molecule is O=C(NCCc1ccc(F)cc1)c1cnc(Nc2ccccc2)cn1. The van der Waals surface area contributed by atoms with E-state index in [1.54, 1.807) is 12.1 Å². The first-order chi connectivity index (χ1) is 12.2. The molecular formula is C19H17FN4O. The normalized spacial score (nSPS) is 10.3. The van der Waals surface area contributed by atoms with E-state index in [1.807, 2.05) is 30.3 Å². The Morgan fingerprint density at radius 2 is 1.72 bits per heavy atom. The number of hydrogen-bond acceptors (Lipinski definition) is 4. The van der Waals surface area contributed by atoms with E-state index in [1.165, 1.54) is 24.5 Å². The standard InChI is InChI=1S/C19H17FN4O/c20-15-8-6-14(7-9-15)10-11-21-19(25)17-12-23-18(13-22-17)24-16-4-2-1-3-5-16/h1-9,12-13H,10-11H2,(H,21,25)(H,23,24). The predicted molar refractivity (Wildman–Crippen MR) is 94.2 cm³/mol. The molecule has 0 atom stereocenters. The van der Waals surface area contributed by atoms with Gasteiger partial charge in [-0.2, -0.15) is 0 Å². The molecule has 126 valence electrons. The summed E-state index contributed by atoms with van der Waals surface area (Å²) >= 11 is 0. The van der Waals surface area contributed by atoms with Gasteiger partial charge in [0, 0.05) is 12.2 Å². The molecule has 3 aromatic rings. The fourth-order valence-electron chi connectivity index (χ4n) is 2.24. The lowest BCUT2D eigenvalue weighted by Crippen LogP contribution is -2.26. The number of nitrogens with zero attached hydrogens (tertiary/aromatic N) is 2. The van der Waals surface area contributed by atoms with Gasteiger partial charge in [0.15, 0.2) is 0 Å². The van der Waals surface area contributed by atoms with Crippen LogP contribution in [0.15, 0.2) is 67.0 Å². The molecule has 0 unspecified atom stereocenters. The van der Waals surface area contributed by atoms with Crippen LogP contribution in [0.25, 0.3) is 0 Å². The summed E-state index contributed by atoms with van der Waals surface area (Å²) in [7, 11) is 0. The zero-order chi connectivity index (χ0) is 17.5. The van der Waals surface area contributed by atoms with E-state index in [4.69, 9.17) is 0 Å². The maximum absolute atomic E-state index is 12.8. The minimum absolute atomic E-state index is 0.248. The molecule has 0 bridgehead atoms.